The minimum atomic E-state index is 0.637. The molecule has 1 saturated heterocycles. The SMILES string of the molecule is CNC1CSCC1Cc1cc(OC)ccc1Br. The van der Waals surface area contributed by atoms with Crippen LogP contribution in [0.1, 0.15) is 5.56 Å². The van der Waals surface area contributed by atoms with Gasteiger partial charge in [0.2, 0.25) is 0 Å². The first-order chi connectivity index (χ1) is 8.24. The molecule has 4 heteroatoms. The quantitative estimate of drug-likeness (QED) is 0.923. The van der Waals surface area contributed by atoms with Crippen LogP contribution in [0.5, 0.6) is 5.75 Å². The lowest BCUT2D eigenvalue weighted by Gasteiger charge is -2.19. The molecule has 1 aromatic rings. The molecular formula is C13H18BrNOS. The summed E-state index contributed by atoms with van der Waals surface area (Å²) < 4.78 is 6.47. The predicted octanol–water partition coefficient (Wildman–Crippen LogP) is 2.95. The second-order valence-corrected chi connectivity index (χ2v) is 6.28. The fraction of sp³-hybridized carbons (Fsp3) is 0.538. The van der Waals surface area contributed by atoms with E-state index in [1.54, 1.807) is 7.11 Å². The second-order valence-electron chi connectivity index (χ2n) is 4.35. The Hall–Kier alpha value is -0.190. The summed E-state index contributed by atoms with van der Waals surface area (Å²) in [5.74, 6) is 4.13. The second kappa shape index (κ2) is 6.12. The average Bonchev–Trinajstić information content (AvgIpc) is 2.79. The van der Waals surface area contributed by atoms with E-state index in [-0.39, 0.29) is 0 Å². The number of hydrogen-bond donors (Lipinski definition) is 1. The van der Waals surface area contributed by atoms with Gasteiger partial charge in [0.15, 0.2) is 0 Å². The molecule has 0 aliphatic carbocycles. The van der Waals surface area contributed by atoms with Crippen LogP contribution >= 0.6 is 27.7 Å². The van der Waals surface area contributed by atoms with Crippen molar-refractivity contribution in [3.63, 3.8) is 0 Å². The summed E-state index contributed by atoms with van der Waals surface area (Å²) in [5, 5.41) is 3.41. The maximum atomic E-state index is 5.29. The third-order valence-electron chi connectivity index (χ3n) is 3.30. The number of rotatable bonds is 4. The molecule has 17 heavy (non-hydrogen) atoms. The molecule has 1 aliphatic heterocycles. The summed E-state index contributed by atoms with van der Waals surface area (Å²) in [6.07, 6.45) is 1.11. The van der Waals surface area contributed by atoms with Gasteiger partial charge in [-0.25, -0.2) is 0 Å². The van der Waals surface area contributed by atoms with E-state index in [0.29, 0.717) is 12.0 Å². The molecule has 1 N–H and O–H groups in total. The zero-order chi connectivity index (χ0) is 12.3. The number of hydrogen-bond acceptors (Lipinski definition) is 3. The average molecular weight is 316 g/mol. The highest BCUT2D eigenvalue weighted by Crippen LogP contribution is 2.31. The van der Waals surface area contributed by atoms with E-state index >= 15 is 0 Å². The first kappa shape index (κ1) is 13.2. The van der Waals surface area contributed by atoms with E-state index in [0.717, 1.165) is 12.2 Å². The molecule has 2 atom stereocenters. The van der Waals surface area contributed by atoms with Crippen molar-refractivity contribution in [2.45, 2.75) is 12.5 Å². The molecule has 2 nitrogen and oxygen atoms in total. The summed E-state index contributed by atoms with van der Waals surface area (Å²) in [6.45, 7) is 0. The van der Waals surface area contributed by atoms with Gasteiger partial charge in [-0.05, 0) is 48.9 Å². The van der Waals surface area contributed by atoms with Gasteiger partial charge in [-0.2, -0.15) is 11.8 Å². The van der Waals surface area contributed by atoms with Gasteiger partial charge in [0.05, 0.1) is 7.11 Å². The fourth-order valence-corrected chi connectivity index (χ4v) is 4.13. The monoisotopic (exact) mass is 315 g/mol. The van der Waals surface area contributed by atoms with Gasteiger partial charge >= 0.3 is 0 Å². The van der Waals surface area contributed by atoms with Gasteiger partial charge in [0.1, 0.15) is 5.75 Å². The van der Waals surface area contributed by atoms with Crippen LogP contribution in [0.4, 0.5) is 0 Å². The fourth-order valence-electron chi connectivity index (χ4n) is 2.24. The summed E-state index contributed by atoms with van der Waals surface area (Å²) in [7, 11) is 3.78. The first-order valence-corrected chi connectivity index (χ1v) is 7.76. The Kier molecular flexibility index (Phi) is 4.77. The normalized spacial score (nSPS) is 23.9. The molecule has 2 rings (SSSR count). The van der Waals surface area contributed by atoms with Gasteiger partial charge in [-0.3, -0.25) is 0 Å². The van der Waals surface area contributed by atoms with Gasteiger partial charge in [0.25, 0.3) is 0 Å². The molecule has 1 fully saturated rings. The number of methoxy groups -OCH3 is 1. The number of benzene rings is 1. The van der Waals surface area contributed by atoms with Crippen LogP contribution in [0.15, 0.2) is 22.7 Å². The minimum Gasteiger partial charge on any atom is -0.497 e. The van der Waals surface area contributed by atoms with Crippen molar-refractivity contribution >= 4 is 27.7 Å². The molecule has 1 aliphatic rings. The van der Waals surface area contributed by atoms with E-state index in [4.69, 9.17) is 4.74 Å². The maximum Gasteiger partial charge on any atom is 0.119 e. The Morgan fingerprint density at radius 3 is 3.00 bits per heavy atom. The highest BCUT2D eigenvalue weighted by Gasteiger charge is 2.27. The molecular weight excluding hydrogens is 298 g/mol. The van der Waals surface area contributed by atoms with E-state index < -0.39 is 0 Å². The van der Waals surface area contributed by atoms with E-state index in [9.17, 15) is 0 Å². The Bertz CT molecular complexity index is 386. The molecule has 0 amide bonds. The smallest absolute Gasteiger partial charge is 0.119 e. The lowest BCUT2D eigenvalue weighted by atomic mass is 9.95. The molecule has 0 bridgehead atoms. The van der Waals surface area contributed by atoms with Crippen molar-refractivity contribution in [2.75, 3.05) is 25.7 Å². The highest BCUT2D eigenvalue weighted by atomic mass is 79.9. The van der Waals surface area contributed by atoms with Crippen LogP contribution < -0.4 is 10.1 Å². The van der Waals surface area contributed by atoms with Crippen molar-refractivity contribution in [2.24, 2.45) is 5.92 Å². The van der Waals surface area contributed by atoms with E-state index in [2.05, 4.69) is 40.4 Å². The molecule has 0 spiro atoms. The van der Waals surface area contributed by atoms with E-state index in [1.807, 2.05) is 17.8 Å². The van der Waals surface area contributed by atoms with Crippen LogP contribution in [0.25, 0.3) is 0 Å². The Balaban J connectivity index is 2.12. The summed E-state index contributed by atoms with van der Waals surface area (Å²) in [4.78, 5) is 0. The lowest BCUT2D eigenvalue weighted by molar-refractivity contribution is 0.412. The van der Waals surface area contributed by atoms with Crippen molar-refractivity contribution in [1.82, 2.24) is 5.32 Å². The van der Waals surface area contributed by atoms with Crippen molar-refractivity contribution < 1.29 is 4.74 Å². The van der Waals surface area contributed by atoms with Crippen molar-refractivity contribution in [3.8, 4) is 5.75 Å². The van der Waals surface area contributed by atoms with E-state index in [1.165, 1.54) is 21.5 Å². The summed E-state index contributed by atoms with van der Waals surface area (Å²) in [6, 6.07) is 6.84. The van der Waals surface area contributed by atoms with Gasteiger partial charge in [0, 0.05) is 16.3 Å². The third-order valence-corrected chi connectivity index (χ3v) is 5.34. The predicted molar refractivity (Wildman–Crippen MR) is 78.1 cm³/mol. The topological polar surface area (TPSA) is 21.3 Å². The molecule has 0 radical (unpaired) electrons. The van der Waals surface area contributed by atoms with Gasteiger partial charge in [-0.1, -0.05) is 15.9 Å². The zero-order valence-electron chi connectivity index (χ0n) is 10.2. The maximum absolute atomic E-state index is 5.29. The third kappa shape index (κ3) is 3.18. The number of ether oxygens (including phenoxy) is 1. The largest absolute Gasteiger partial charge is 0.497 e. The summed E-state index contributed by atoms with van der Waals surface area (Å²) in [5.41, 5.74) is 1.34. The highest BCUT2D eigenvalue weighted by molar-refractivity contribution is 9.10. The number of halogens is 1. The minimum absolute atomic E-state index is 0.637. The molecule has 1 heterocycles. The molecule has 0 saturated carbocycles. The first-order valence-electron chi connectivity index (χ1n) is 5.82. The molecule has 1 aromatic carbocycles. The van der Waals surface area contributed by atoms with Crippen LogP contribution in [0, 0.1) is 5.92 Å². The summed E-state index contributed by atoms with van der Waals surface area (Å²) >= 11 is 5.67. The van der Waals surface area contributed by atoms with Crippen molar-refractivity contribution in [1.29, 1.82) is 0 Å². The number of nitrogens with one attached hydrogen (secondary N) is 1. The van der Waals surface area contributed by atoms with Gasteiger partial charge in [-0.15, -0.1) is 0 Å². The van der Waals surface area contributed by atoms with Crippen LogP contribution in [-0.2, 0) is 6.42 Å². The zero-order valence-corrected chi connectivity index (χ0v) is 12.6. The molecule has 2 unspecified atom stereocenters. The number of thioether (sulfide) groups is 1. The molecule has 94 valence electrons. The Labute approximate surface area is 116 Å². The van der Waals surface area contributed by atoms with Crippen LogP contribution in [0.2, 0.25) is 0 Å². The van der Waals surface area contributed by atoms with Crippen molar-refractivity contribution in [3.05, 3.63) is 28.2 Å². The molecule has 0 aromatic heterocycles. The van der Waals surface area contributed by atoms with Crippen LogP contribution in [-0.4, -0.2) is 31.7 Å². The Morgan fingerprint density at radius 1 is 1.47 bits per heavy atom. The lowest BCUT2D eigenvalue weighted by Crippen LogP contribution is -2.33. The van der Waals surface area contributed by atoms with Gasteiger partial charge < -0.3 is 10.1 Å². The Morgan fingerprint density at radius 2 is 2.29 bits per heavy atom. The standard InChI is InChI=1S/C13H18BrNOS/c1-15-13-8-17-7-10(13)5-9-6-11(16-2)3-4-12(9)14/h3-4,6,10,13,15H,5,7-8H2,1-2H3. The van der Waals surface area contributed by atoms with Crippen LogP contribution in [0.3, 0.4) is 0 Å².